The van der Waals surface area contributed by atoms with Gasteiger partial charge in [-0.2, -0.15) is 0 Å². The Morgan fingerprint density at radius 2 is 1.95 bits per heavy atom. The van der Waals surface area contributed by atoms with Crippen LogP contribution in [0.25, 0.3) is 0 Å². The van der Waals surface area contributed by atoms with Crippen molar-refractivity contribution in [1.82, 2.24) is 5.32 Å². The van der Waals surface area contributed by atoms with Crippen molar-refractivity contribution in [2.24, 2.45) is 0 Å². The lowest BCUT2D eigenvalue weighted by Gasteiger charge is -2.09. The zero-order chi connectivity index (χ0) is 13.8. The van der Waals surface area contributed by atoms with Gasteiger partial charge in [0.2, 0.25) is 0 Å². The summed E-state index contributed by atoms with van der Waals surface area (Å²) in [6.45, 7) is 1.93. The van der Waals surface area contributed by atoms with Crippen molar-refractivity contribution in [2.45, 2.75) is 13.5 Å². The van der Waals surface area contributed by atoms with E-state index in [0.29, 0.717) is 16.1 Å². The van der Waals surface area contributed by atoms with Gasteiger partial charge in [0.15, 0.2) is 0 Å². The van der Waals surface area contributed by atoms with Crippen molar-refractivity contribution in [1.29, 1.82) is 0 Å². The van der Waals surface area contributed by atoms with Gasteiger partial charge in [0.25, 0.3) is 5.91 Å². The van der Waals surface area contributed by atoms with E-state index in [1.54, 1.807) is 43.3 Å². The van der Waals surface area contributed by atoms with Crippen LogP contribution in [0.15, 0.2) is 42.5 Å². The van der Waals surface area contributed by atoms with Crippen LogP contribution in [-0.2, 0) is 6.54 Å². The zero-order valence-electron chi connectivity index (χ0n) is 10.4. The number of carbonyl (C=O) groups excluding carboxylic acids is 1. The average molecular weight is 278 g/mol. The van der Waals surface area contributed by atoms with Crippen LogP contribution in [0, 0.1) is 12.7 Å². The highest BCUT2D eigenvalue weighted by molar-refractivity contribution is 6.31. The molecule has 0 aliphatic heterocycles. The zero-order valence-corrected chi connectivity index (χ0v) is 11.2. The Morgan fingerprint density at radius 1 is 1.21 bits per heavy atom. The first kappa shape index (κ1) is 13.6. The van der Waals surface area contributed by atoms with E-state index in [4.69, 9.17) is 11.6 Å². The highest BCUT2D eigenvalue weighted by atomic mass is 35.5. The van der Waals surface area contributed by atoms with Gasteiger partial charge in [-0.3, -0.25) is 4.79 Å². The molecule has 0 saturated heterocycles. The van der Waals surface area contributed by atoms with Crippen LogP contribution in [0.1, 0.15) is 21.5 Å². The van der Waals surface area contributed by atoms with E-state index in [9.17, 15) is 9.18 Å². The molecule has 0 aromatic heterocycles. The maximum Gasteiger partial charge on any atom is 0.251 e. The fourth-order valence-electron chi connectivity index (χ4n) is 1.77. The summed E-state index contributed by atoms with van der Waals surface area (Å²) in [5, 5.41) is 3.23. The minimum atomic E-state index is -0.328. The third kappa shape index (κ3) is 3.12. The molecule has 0 unspecified atom stereocenters. The van der Waals surface area contributed by atoms with Crippen molar-refractivity contribution in [3.63, 3.8) is 0 Å². The van der Waals surface area contributed by atoms with E-state index >= 15 is 0 Å². The summed E-state index contributed by atoms with van der Waals surface area (Å²) in [6, 6.07) is 11.5. The van der Waals surface area contributed by atoms with Crippen molar-refractivity contribution in [3.05, 3.63) is 70.0 Å². The number of hydrogen-bond acceptors (Lipinski definition) is 1. The van der Waals surface area contributed by atoms with E-state index in [0.717, 1.165) is 5.56 Å². The van der Waals surface area contributed by atoms with Crippen molar-refractivity contribution in [2.75, 3.05) is 0 Å². The smallest absolute Gasteiger partial charge is 0.251 e. The van der Waals surface area contributed by atoms with Crippen LogP contribution in [-0.4, -0.2) is 5.91 Å². The number of carbonyl (C=O) groups is 1. The molecule has 0 bridgehead atoms. The first-order valence-electron chi connectivity index (χ1n) is 5.86. The van der Waals surface area contributed by atoms with Crippen LogP contribution >= 0.6 is 11.6 Å². The van der Waals surface area contributed by atoms with E-state index in [-0.39, 0.29) is 18.3 Å². The molecule has 2 aromatic rings. The molecule has 0 fully saturated rings. The summed E-state index contributed by atoms with van der Waals surface area (Å²) >= 11 is 5.96. The normalized spacial score (nSPS) is 10.3. The van der Waals surface area contributed by atoms with Gasteiger partial charge >= 0.3 is 0 Å². The number of halogens is 2. The Morgan fingerprint density at radius 3 is 2.68 bits per heavy atom. The van der Waals surface area contributed by atoms with Crippen LogP contribution < -0.4 is 5.32 Å². The Labute approximate surface area is 116 Å². The molecule has 4 heteroatoms. The predicted molar refractivity (Wildman–Crippen MR) is 73.8 cm³/mol. The van der Waals surface area contributed by atoms with Crippen molar-refractivity contribution >= 4 is 17.5 Å². The fourth-order valence-corrected chi connectivity index (χ4v) is 1.94. The quantitative estimate of drug-likeness (QED) is 0.910. The van der Waals surface area contributed by atoms with Gasteiger partial charge in [-0.05, 0) is 30.7 Å². The molecule has 0 aliphatic carbocycles. The highest BCUT2D eigenvalue weighted by Crippen LogP contribution is 2.18. The molecule has 0 atom stereocenters. The molecule has 0 heterocycles. The van der Waals surface area contributed by atoms with Gasteiger partial charge < -0.3 is 5.32 Å². The van der Waals surface area contributed by atoms with Crippen LogP contribution in [0.2, 0.25) is 5.02 Å². The molecular weight excluding hydrogens is 265 g/mol. The minimum Gasteiger partial charge on any atom is -0.348 e. The first-order chi connectivity index (χ1) is 9.09. The lowest BCUT2D eigenvalue weighted by atomic mass is 10.1. The van der Waals surface area contributed by atoms with Crippen LogP contribution in [0.5, 0.6) is 0 Å². The van der Waals surface area contributed by atoms with Gasteiger partial charge in [0, 0.05) is 22.7 Å². The minimum absolute atomic E-state index is 0.150. The topological polar surface area (TPSA) is 29.1 Å². The standard InChI is InChI=1S/C15H13ClFNO/c1-10-12(6-4-7-13(10)16)15(19)18-9-11-5-2-3-8-14(11)17/h2-8H,9H2,1H3,(H,18,19). The van der Waals surface area contributed by atoms with Gasteiger partial charge in [-0.25, -0.2) is 4.39 Å². The van der Waals surface area contributed by atoms with Gasteiger partial charge in [0.05, 0.1) is 0 Å². The highest BCUT2D eigenvalue weighted by Gasteiger charge is 2.11. The molecule has 0 radical (unpaired) electrons. The molecule has 0 spiro atoms. The molecule has 19 heavy (non-hydrogen) atoms. The first-order valence-corrected chi connectivity index (χ1v) is 6.24. The Bertz CT molecular complexity index is 613. The van der Waals surface area contributed by atoms with E-state index in [1.807, 2.05) is 0 Å². The average Bonchev–Trinajstić information content (AvgIpc) is 2.40. The number of nitrogens with one attached hydrogen (secondary N) is 1. The van der Waals surface area contributed by atoms with E-state index in [1.165, 1.54) is 6.07 Å². The Hall–Kier alpha value is -1.87. The maximum absolute atomic E-state index is 13.4. The van der Waals surface area contributed by atoms with Crippen LogP contribution in [0.3, 0.4) is 0 Å². The van der Waals surface area contributed by atoms with E-state index < -0.39 is 0 Å². The summed E-state index contributed by atoms with van der Waals surface area (Å²) in [5.74, 6) is -0.589. The summed E-state index contributed by atoms with van der Waals surface area (Å²) in [7, 11) is 0. The number of hydrogen-bond donors (Lipinski definition) is 1. The second-order valence-electron chi connectivity index (χ2n) is 4.19. The number of amides is 1. The molecule has 2 rings (SSSR count). The third-order valence-electron chi connectivity index (χ3n) is 2.91. The Balaban J connectivity index is 2.10. The molecule has 2 nitrogen and oxygen atoms in total. The lowest BCUT2D eigenvalue weighted by molar-refractivity contribution is 0.0950. The molecule has 0 saturated carbocycles. The summed E-state index contributed by atoms with van der Waals surface area (Å²) in [5.41, 5.74) is 1.68. The molecule has 0 aliphatic rings. The van der Waals surface area contributed by atoms with Gasteiger partial charge in [-0.1, -0.05) is 35.9 Å². The largest absolute Gasteiger partial charge is 0.348 e. The summed E-state index contributed by atoms with van der Waals surface area (Å²) in [6.07, 6.45) is 0. The number of rotatable bonds is 3. The maximum atomic E-state index is 13.4. The Kier molecular flexibility index (Phi) is 4.17. The summed E-state index contributed by atoms with van der Waals surface area (Å²) in [4.78, 5) is 12.0. The van der Waals surface area contributed by atoms with Crippen molar-refractivity contribution in [3.8, 4) is 0 Å². The molecule has 1 N–H and O–H groups in total. The molecule has 2 aromatic carbocycles. The van der Waals surface area contributed by atoms with Gasteiger partial charge in [-0.15, -0.1) is 0 Å². The van der Waals surface area contributed by atoms with Crippen molar-refractivity contribution < 1.29 is 9.18 Å². The monoisotopic (exact) mass is 277 g/mol. The molecule has 1 amide bonds. The number of benzene rings is 2. The second kappa shape index (κ2) is 5.85. The van der Waals surface area contributed by atoms with Gasteiger partial charge in [0.1, 0.15) is 5.82 Å². The lowest BCUT2D eigenvalue weighted by Crippen LogP contribution is -2.24. The van der Waals surface area contributed by atoms with Crippen LogP contribution in [0.4, 0.5) is 4.39 Å². The second-order valence-corrected chi connectivity index (χ2v) is 4.59. The fraction of sp³-hybridized carbons (Fsp3) is 0.133. The predicted octanol–water partition coefficient (Wildman–Crippen LogP) is 3.72. The molecular formula is C15H13ClFNO. The summed E-state index contributed by atoms with van der Waals surface area (Å²) < 4.78 is 13.4. The molecule has 98 valence electrons. The van der Waals surface area contributed by atoms with E-state index in [2.05, 4.69) is 5.32 Å². The SMILES string of the molecule is Cc1c(Cl)cccc1C(=O)NCc1ccccc1F. The third-order valence-corrected chi connectivity index (χ3v) is 3.32.